The molecule has 0 bridgehead atoms. The first-order chi connectivity index (χ1) is 10.9. The number of benzene rings is 2. The van der Waals surface area contributed by atoms with Crippen molar-refractivity contribution in [1.29, 1.82) is 0 Å². The Morgan fingerprint density at radius 1 is 1.26 bits per heavy atom. The fraction of sp³-hybridized carbons (Fsp3) is 0.235. The molecular formula is C17H17NO5. The zero-order chi connectivity index (χ0) is 17.0. The van der Waals surface area contributed by atoms with Gasteiger partial charge in [-0.2, -0.15) is 0 Å². The van der Waals surface area contributed by atoms with E-state index in [1.165, 1.54) is 12.1 Å². The van der Waals surface area contributed by atoms with Crippen LogP contribution in [0.4, 0.5) is 5.69 Å². The second kappa shape index (κ2) is 6.48. The minimum Gasteiger partial charge on any atom is -0.478 e. The van der Waals surface area contributed by atoms with Crippen LogP contribution in [0.1, 0.15) is 36.2 Å². The fourth-order valence-electron chi connectivity index (χ4n) is 2.25. The van der Waals surface area contributed by atoms with E-state index in [1.807, 2.05) is 44.2 Å². The molecule has 6 heteroatoms. The van der Waals surface area contributed by atoms with E-state index in [9.17, 15) is 14.9 Å². The van der Waals surface area contributed by atoms with Gasteiger partial charge in [-0.3, -0.25) is 10.1 Å². The Balaban J connectivity index is 2.49. The minimum atomic E-state index is -1.16. The third kappa shape index (κ3) is 3.48. The highest BCUT2D eigenvalue weighted by Crippen LogP contribution is 2.36. The number of carboxylic acids is 1. The fourth-order valence-corrected chi connectivity index (χ4v) is 2.25. The molecule has 2 aromatic carbocycles. The molecule has 1 N–H and O–H groups in total. The van der Waals surface area contributed by atoms with Crippen molar-refractivity contribution in [2.24, 2.45) is 0 Å². The normalized spacial score (nSPS) is 13.1. The second-order valence-corrected chi connectivity index (χ2v) is 5.30. The van der Waals surface area contributed by atoms with Gasteiger partial charge in [0, 0.05) is 12.1 Å². The maximum Gasteiger partial charge on any atom is 0.335 e. The van der Waals surface area contributed by atoms with Crippen LogP contribution in [0.25, 0.3) is 0 Å². The van der Waals surface area contributed by atoms with E-state index in [2.05, 4.69) is 0 Å². The van der Waals surface area contributed by atoms with Crippen LogP contribution in [0, 0.1) is 10.1 Å². The largest absolute Gasteiger partial charge is 0.478 e. The Hall–Kier alpha value is -2.89. The van der Waals surface area contributed by atoms with Crippen molar-refractivity contribution in [1.82, 2.24) is 0 Å². The quantitative estimate of drug-likeness (QED) is 0.643. The summed E-state index contributed by atoms with van der Waals surface area (Å²) in [5.41, 5.74) is -0.261. The van der Waals surface area contributed by atoms with E-state index in [0.29, 0.717) is 6.42 Å². The van der Waals surface area contributed by atoms with Crippen molar-refractivity contribution >= 4 is 11.7 Å². The van der Waals surface area contributed by atoms with E-state index < -0.39 is 16.5 Å². The monoisotopic (exact) mass is 315 g/mol. The SMILES string of the molecule is CCC(C)(Oc1cc(C(=O)O)ccc1[N+](=O)[O-])c1ccccc1. The van der Waals surface area contributed by atoms with Crippen molar-refractivity contribution in [3.8, 4) is 5.75 Å². The number of nitrogens with zero attached hydrogens (tertiary/aromatic N) is 1. The number of hydrogen-bond donors (Lipinski definition) is 1. The Bertz CT molecular complexity index is 729. The molecule has 6 nitrogen and oxygen atoms in total. The highest BCUT2D eigenvalue weighted by Gasteiger charge is 2.30. The van der Waals surface area contributed by atoms with Crippen molar-refractivity contribution in [3.05, 3.63) is 69.8 Å². The van der Waals surface area contributed by atoms with E-state index in [4.69, 9.17) is 9.84 Å². The van der Waals surface area contributed by atoms with Gasteiger partial charge in [0.05, 0.1) is 10.5 Å². The van der Waals surface area contributed by atoms with E-state index in [1.54, 1.807) is 0 Å². The first kappa shape index (κ1) is 16.5. The number of carboxylic acid groups (broad SMARTS) is 1. The molecule has 0 fully saturated rings. The predicted molar refractivity (Wildman–Crippen MR) is 84.8 cm³/mol. The molecule has 120 valence electrons. The first-order valence-corrected chi connectivity index (χ1v) is 7.13. The van der Waals surface area contributed by atoms with E-state index in [-0.39, 0.29) is 17.0 Å². The number of carbonyl (C=O) groups is 1. The van der Waals surface area contributed by atoms with Crippen molar-refractivity contribution < 1.29 is 19.6 Å². The summed E-state index contributed by atoms with van der Waals surface area (Å²) < 4.78 is 5.92. The maximum absolute atomic E-state index is 11.2. The molecule has 0 aromatic heterocycles. The molecule has 0 radical (unpaired) electrons. The standard InChI is InChI=1S/C17H17NO5/c1-3-17(2,13-7-5-4-6-8-13)23-15-11-12(16(19)20)9-10-14(15)18(21)22/h4-11H,3H2,1-2H3,(H,19,20). The average molecular weight is 315 g/mol. The Morgan fingerprint density at radius 2 is 1.91 bits per heavy atom. The number of hydrogen-bond acceptors (Lipinski definition) is 4. The van der Waals surface area contributed by atoms with Crippen molar-refractivity contribution in [2.75, 3.05) is 0 Å². The molecule has 0 aliphatic heterocycles. The summed E-state index contributed by atoms with van der Waals surface area (Å²) in [7, 11) is 0. The van der Waals surface area contributed by atoms with Gasteiger partial charge in [0.15, 0.2) is 5.75 Å². The minimum absolute atomic E-state index is 0.0527. The van der Waals surface area contributed by atoms with E-state index >= 15 is 0 Å². The lowest BCUT2D eigenvalue weighted by Crippen LogP contribution is -2.29. The molecule has 0 aliphatic rings. The third-order valence-corrected chi connectivity index (χ3v) is 3.80. The van der Waals surface area contributed by atoms with E-state index in [0.717, 1.165) is 11.6 Å². The van der Waals surface area contributed by atoms with Gasteiger partial charge < -0.3 is 9.84 Å². The molecule has 0 heterocycles. The van der Waals surface area contributed by atoms with Crippen molar-refractivity contribution in [2.45, 2.75) is 25.9 Å². The van der Waals surface area contributed by atoms with Crippen LogP contribution in [-0.2, 0) is 5.60 Å². The van der Waals surface area contributed by atoms with Gasteiger partial charge >= 0.3 is 11.7 Å². The zero-order valence-corrected chi connectivity index (χ0v) is 12.9. The van der Waals surface area contributed by atoms with Crippen LogP contribution in [0.15, 0.2) is 48.5 Å². The second-order valence-electron chi connectivity index (χ2n) is 5.30. The summed E-state index contributed by atoms with van der Waals surface area (Å²) in [5.74, 6) is -1.22. The lowest BCUT2D eigenvalue weighted by molar-refractivity contribution is -0.386. The summed E-state index contributed by atoms with van der Waals surface area (Å²) >= 11 is 0. The van der Waals surface area contributed by atoms with Crippen molar-refractivity contribution in [3.63, 3.8) is 0 Å². The zero-order valence-electron chi connectivity index (χ0n) is 12.9. The summed E-state index contributed by atoms with van der Waals surface area (Å²) in [5, 5.41) is 20.3. The van der Waals surface area contributed by atoms with Crippen LogP contribution in [0.5, 0.6) is 5.75 Å². The van der Waals surface area contributed by atoms with Gasteiger partial charge in [0.1, 0.15) is 5.60 Å². The molecule has 0 aliphatic carbocycles. The molecule has 0 amide bonds. The van der Waals surface area contributed by atoms with Gasteiger partial charge in [0.25, 0.3) is 0 Å². The van der Waals surface area contributed by atoms with Gasteiger partial charge in [-0.05, 0) is 25.0 Å². The number of aromatic carboxylic acids is 1. The Morgan fingerprint density at radius 3 is 2.43 bits per heavy atom. The predicted octanol–water partition coefficient (Wildman–Crippen LogP) is 4.00. The molecule has 0 saturated heterocycles. The summed E-state index contributed by atoms with van der Waals surface area (Å²) in [4.78, 5) is 21.7. The van der Waals surface area contributed by atoms with Crippen LogP contribution in [0.2, 0.25) is 0 Å². The first-order valence-electron chi connectivity index (χ1n) is 7.13. The lowest BCUT2D eigenvalue weighted by Gasteiger charge is -2.30. The lowest BCUT2D eigenvalue weighted by atomic mass is 9.93. The summed E-state index contributed by atoms with van der Waals surface area (Å²) in [6.07, 6.45) is 0.561. The molecule has 1 atom stereocenters. The average Bonchev–Trinajstić information content (AvgIpc) is 2.55. The highest BCUT2D eigenvalue weighted by molar-refractivity contribution is 5.88. The third-order valence-electron chi connectivity index (χ3n) is 3.80. The molecule has 1 unspecified atom stereocenters. The maximum atomic E-state index is 11.2. The smallest absolute Gasteiger partial charge is 0.335 e. The number of ether oxygens (including phenoxy) is 1. The summed E-state index contributed by atoms with van der Waals surface area (Å²) in [6.45, 7) is 3.72. The molecule has 0 spiro atoms. The molecule has 0 saturated carbocycles. The van der Waals surface area contributed by atoms with Gasteiger partial charge in [-0.15, -0.1) is 0 Å². The Labute approximate surface area is 133 Å². The molecule has 23 heavy (non-hydrogen) atoms. The highest BCUT2D eigenvalue weighted by atomic mass is 16.6. The number of nitro benzene ring substituents is 1. The van der Waals surface area contributed by atoms with Gasteiger partial charge in [-0.1, -0.05) is 37.3 Å². The van der Waals surface area contributed by atoms with Gasteiger partial charge in [-0.25, -0.2) is 4.79 Å². The number of nitro groups is 1. The topological polar surface area (TPSA) is 89.7 Å². The van der Waals surface area contributed by atoms with Crippen LogP contribution >= 0.6 is 0 Å². The van der Waals surface area contributed by atoms with Crippen LogP contribution < -0.4 is 4.74 Å². The summed E-state index contributed by atoms with van der Waals surface area (Å²) in [6, 6.07) is 12.9. The molecular weight excluding hydrogens is 298 g/mol. The van der Waals surface area contributed by atoms with Crippen LogP contribution in [0.3, 0.4) is 0 Å². The molecule has 2 rings (SSSR count). The van der Waals surface area contributed by atoms with Gasteiger partial charge in [0.2, 0.25) is 0 Å². The number of rotatable bonds is 6. The Kier molecular flexibility index (Phi) is 4.64. The van der Waals surface area contributed by atoms with Crippen LogP contribution in [-0.4, -0.2) is 16.0 Å². The molecule has 2 aromatic rings.